The second-order valence-corrected chi connectivity index (χ2v) is 8.44. The van der Waals surface area contributed by atoms with Crippen LogP contribution in [0.2, 0.25) is 0 Å². The van der Waals surface area contributed by atoms with Crippen LogP contribution in [0.5, 0.6) is 0 Å². The predicted molar refractivity (Wildman–Crippen MR) is 89.6 cm³/mol. The van der Waals surface area contributed by atoms with Crippen LogP contribution in [0, 0.1) is 5.92 Å². The van der Waals surface area contributed by atoms with E-state index in [-0.39, 0.29) is 4.90 Å². The summed E-state index contributed by atoms with van der Waals surface area (Å²) < 4.78 is 27.8. The van der Waals surface area contributed by atoms with Gasteiger partial charge in [-0.05, 0) is 59.3 Å². The second-order valence-electron chi connectivity index (χ2n) is 5.68. The molecular weight excluding hydrogens is 352 g/mol. The molecule has 0 aromatic heterocycles. The molecule has 1 fully saturated rings. The van der Waals surface area contributed by atoms with Crippen molar-refractivity contribution in [1.82, 2.24) is 4.31 Å². The Labute approximate surface area is 135 Å². The van der Waals surface area contributed by atoms with Crippen LogP contribution in [0.1, 0.15) is 39.0 Å². The van der Waals surface area contributed by atoms with Crippen molar-refractivity contribution in [2.24, 2.45) is 5.92 Å². The number of nitrogens with two attached hydrogens (primary N) is 1. The molecule has 1 unspecified atom stereocenters. The van der Waals surface area contributed by atoms with Gasteiger partial charge >= 0.3 is 0 Å². The molecule has 1 aromatic rings. The third kappa shape index (κ3) is 3.99. The summed E-state index contributed by atoms with van der Waals surface area (Å²) in [4.78, 5) is 0.274. The van der Waals surface area contributed by atoms with Crippen molar-refractivity contribution in [3.8, 4) is 0 Å². The average molecular weight is 375 g/mol. The van der Waals surface area contributed by atoms with Gasteiger partial charge in [0.25, 0.3) is 0 Å². The fourth-order valence-electron chi connectivity index (χ4n) is 2.93. The van der Waals surface area contributed by atoms with Gasteiger partial charge in [-0.2, -0.15) is 4.31 Å². The molecule has 1 aromatic carbocycles. The first kappa shape index (κ1) is 16.8. The third-order valence-corrected chi connectivity index (χ3v) is 6.97. The molecule has 0 radical (unpaired) electrons. The zero-order valence-electron chi connectivity index (χ0n) is 12.4. The Morgan fingerprint density at radius 2 is 2.10 bits per heavy atom. The first-order chi connectivity index (χ1) is 9.95. The summed E-state index contributed by atoms with van der Waals surface area (Å²) in [5, 5.41) is 0. The van der Waals surface area contributed by atoms with Crippen molar-refractivity contribution in [2.75, 3.05) is 18.8 Å². The molecular formula is C15H23BrN2O2S. The van der Waals surface area contributed by atoms with E-state index in [1.807, 2.05) is 0 Å². The van der Waals surface area contributed by atoms with Crippen molar-refractivity contribution in [1.29, 1.82) is 0 Å². The molecule has 21 heavy (non-hydrogen) atoms. The lowest BCUT2D eigenvalue weighted by Gasteiger charge is -2.21. The molecule has 118 valence electrons. The fraction of sp³-hybridized carbons (Fsp3) is 0.600. The van der Waals surface area contributed by atoms with E-state index in [0.29, 0.717) is 29.2 Å². The molecule has 0 saturated carbocycles. The monoisotopic (exact) mass is 374 g/mol. The quantitative estimate of drug-likeness (QED) is 0.818. The van der Waals surface area contributed by atoms with Crippen LogP contribution in [0.3, 0.4) is 0 Å². The Morgan fingerprint density at radius 1 is 1.33 bits per heavy atom. The fourth-order valence-corrected chi connectivity index (χ4v) is 5.39. The summed E-state index contributed by atoms with van der Waals surface area (Å²) in [6.45, 7) is 3.39. The van der Waals surface area contributed by atoms with E-state index in [1.54, 1.807) is 16.4 Å². The number of hydrogen-bond acceptors (Lipinski definition) is 3. The molecule has 6 heteroatoms. The van der Waals surface area contributed by atoms with Gasteiger partial charge in [-0.15, -0.1) is 0 Å². The van der Waals surface area contributed by atoms with E-state index in [9.17, 15) is 8.42 Å². The zero-order chi connectivity index (χ0) is 15.5. The third-order valence-electron chi connectivity index (χ3n) is 4.08. The summed E-state index contributed by atoms with van der Waals surface area (Å²) in [5.41, 5.74) is 6.21. The van der Waals surface area contributed by atoms with Crippen LogP contribution >= 0.6 is 15.9 Å². The molecule has 2 N–H and O–H groups in total. The molecule has 2 rings (SSSR count). The lowest BCUT2D eigenvalue weighted by molar-refractivity contribution is 0.400. The lowest BCUT2D eigenvalue weighted by Crippen LogP contribution is -2.32. The van der Waals surface area contributed by atoms with Gasteiger partial charge in [0.15, 0.2) is 0 Å². The van der Waals surface area contributed by atoms with Crippen molar-refractivity contribution in [2.45, 2.75) is 43.9 Å². The van der Waals surface area contributed by atoms with Crippen LogP contribution in [-0.2, 0) is 10.0 Å². The maximum Gasteiger partial charge on any atom is 0.244 e. The van der Waals surface area contributed by atoms with Gasteiger partial charge in [0.1, 0.15) is 0 Å². The molecule has 1 saturated heterocycles. The zero-order valence-corrected chi connectivity index (χ0v) is 14.8. The Morgan fingerprint density at radius 3 is 2.81 bits per heavy atom. The van der Waals surface area contributed by atoms with Gasteiger partial charge in [-0.3, -0.25) is 0 Å². The molecule has 0 amide bonds. The van der Waals surface area contributed by atoms with Crippen LogP contribution in [0.25, 0.3) is 0 Å². The first-order valence-electron chi connectivity index (χ1n) is 7.50. The van der Waals surface area contributed by atoms with Crippen molar-refractivity contribution in [3.63, 3.8) is 0 Å². The second kappa shape index (κ2) is 7.11. The van der Waals surface area contributed by atoms with Gasteiger partial charge < -0.3 is 5.73 Å². The van der Waals surface area contributed by atoms with E-state index in [4.69, 9.17) is 5.73 Å². The predicted octanol–water partition coefficient (Wildman–Crippen LogP) is 3.62. The highest BCUT2D eigenvalue weighted by Gasteiger charge is 2.29. The summed E-state index contributed by atoms with van der Waals surface area (Å²) in [6, 6.07) is 4.93. The van der Waals surface area contributed by atoms with Crippen molar-refractivity contribution < 1.29 is 8.42 Å². The Kier molecular flexibility index (Phi) is 5.68. The number of hydrogen-bond donors (Lipinski definition) is 1. The minimum Gasteiger partial charge on any atom is -0.399 e. The van der Waals surface area contributed by atoms with Gasteiger partial charge in [0.2, 0.25) is 10.0 Å². The SMILES string of the molecule is CCCC1CCCN(S(=O)(=O)c2cc(N)ccc2Br)CC1. The normalized spacial score (nSPS) is 21.1. The average Bonchev–Trinajstić information content (AvgIpc) is 2.68. The van der Waals surface area contributed by atoms with E-state index >= 15 is 0 Å². The Bertz CT molecular complexity index is 589. The summed E-state index contributed by atoms with van der Waals surface area (Å²) in [5.74, 6) is 0.652. The van der Waals surface area contributed by atoms with E-state index in [1.165, 1.54) is 12.5 Å². The van der Waals surface area contributed by atoms with Crippen molar-refractivity contribution in [3.05, 3.63) is 22.7 Å². The van der Waals surface area contributed by atoms with Gasteiger partial charge in [-0.25, -0.2) is 8.42 Å². The standard InChI is InChI=1S/C15H23BrN2O2S/c1-2-4-12-5-3-9-18(10-8-12)21(19,20)15-11-13(17)6-7-14(15)16/h6-7,11-12H,2-5,8-10,17H2,1H3. The highest BCUT2D eigenvalue weighted by Crippen LogP contribution is 2.30. The molecule has 0 spiro atoms. The Balaban J connectivity index is 2.21. The van der Waals surface area contributed by atoms with E-state index in [0.717, 1.165) is 25.7 Å². The molecule has 4 nitrogen and oxygen atoms in total. The summed E-state index contributed by atoms with van der Waals surface area (Å²) in [6.07, 6.45) is 5.36. The summed E-state index contributed by atoms with van der Waals surface area (Å²) >= 11 is 3.33. The van der Waals surface area contributed by atoms with Crippen LogP contribution in [-0.4, -0.2) is 25.8 Å². The van der Waals surface area contributed by atoms with Crippen LogP contribution in [0.15, 0.2) is 27.6 Å². The van der Waals surface area contributed by atoms with Gasteiger partial charge in [0, 0.05) is 23.2 Å². The summed E-state index contributed by atoms with van der Waals surface area (Å²) in [7, 11) is -3.47. The highest BCUT2D eigenvalue weighted by molar-refractivity contribution is 9.10. The molecule has 1 heterocycles. The number of sulfonamides is 1. The number of nitrogens with zero attached hydrogens (tertiary/aromatic N) is 1. The minimum absolute atomic E-state index is 0.274. The lowest BCUT2D eigenvalue weighted by atomic mass is 9.96. The maximum absolute atomic E-state index is 12.8. The number of rotatable bonds is 4. The molecule has 0 bridgehead atoms. The molecule has 1 aliphatic rings. The van der Waals surface area contributed by atoms with E-state index < -0.39 is 10.0 Å². The van der Waals surface area contributed by atoms with Crippen LogP contribution in [0.4, 0.5) is 5.69 Å². The van der Waals surface area contributed by atoms with E-state index in [2.05, 4.69) is 22.9 Å². The number of anilines is 1. The largest absolute Gasteiger partial charge is 0.399 e. The molecule has 1 atom stereocenters. The molecule has 1 aliphatic heterocycles. The number of halogens is 1. The first-order valence-corrected chi connectivity index (χ1v) is 9.73. The molecule has 0 aliphatic carbocycles. The highest BCUT2D eigenvalue weighted by atomic mass is 79.9. The number of benzene rings is 1. The van der Waals surface area contributed by atoms with Gasteiger partial charge in [-0.1, -0.05) is 19.8 Å². The Hall–Kier alpha value is -0.590. The minimum atomic E-state index is -3.47. The van der Waals surface area contributed by atoms with Crippen molar-refractivity contribution >= 4 is 31.6 Å². The van der Waals surface area contributed by atoms with Gasteiger partial charge in [0.05, 0.1) is 4.90 Å². The number of nitrogen functional groups attached to an aromatic ring is 1. The van der Waals surface area contributed by atoms with Crippen LogP contribution < -0.4 is 5.73 Å². The topological polar surface area (TPSA) is 63.4 Å². The smallest absolute Gasteiger partial charge is 0.244 e. The maximum atomic E-state index is 12.8.